The SMILES string of the molecule is O=CN1CCN(C(=O)Nc2ccc(Cl)cc2Cl)CC1. The molecule has 1 heterocycles. The first-order valence-corrected chi connectivity index (χ1v) is 6.56. The molecule has 0 saturated carbocycles. The van der Waals surface area contributed by atoms with Crippen molar-refractivity contribution in [3.8, 4) is 0 Å². The van der Waals surface area contributed by atoms with Crippen molar-refractivity contribution in [2.75, 3.05) is 31.5 Å². The highest BCUT2D eigenvalue weighted by Gasteiger charge is 2.20. The second kappa shape index (κ2) is 6.12. The Morgan fingerprint density at radius 1 is 1.21 bits per heavy atom. The number of halogens is 2. The number of carbonyl (C=O) groups excluding carboxylic acids is 2. The van der Waals surface area contributed by atoms with Crippen molar-refractivity contribution >= 4 is 41.3 Å². The largest absolute Gasteiger partial charge is 0.342 e. The lowest BCUT2D eigenvalue weighted by molar-refractivity contribution is -0.119. The Morgan fingerprint density at radius 3 is 2.47 bits per heavy atom. The third kappa shape index (κ3) is 3.52. The highest BCUT2D eigenvalue weighted by molar-refractivity contribution is 6.36. The van der Waals surface area contributed by atoms with Crippen LogP contribution < -0.4 is 5.32 Å². The van der Waals surface area contributed by atoms with E-state index in [-0.39, 0.29) is 6.03 Å². The summed E-state index contributed by atoms with van der Waals surface area (Å²) in [7, 11) is 0. The first-order chi connectivity index (χ1) is 9.10. The first kappa shape index (κ1) is 14.0. The van der Waals surface area contributed by atoms with E-state index in [0.717, 1.165) is 6.41 Å². The Balaban J connectivity index is 1.96. The Hall–Kier alpha value is -1.46. The predicted molar refractivity (Wildman–Crippen MR) is 74.7 cm³/mol. The van der Waals surface area contributed by atoms with E-state index in [0.29, 0.717) is 41.9 Å². The molecule has 1 saturated heterocycles. The van der Waals surface area contributed by atoms with Gasteiger partial charge in [-0.1, -0.05) is 23.2 Å². The van der Waals surface area contributed by atoms with Gasteiger partial charge in [-0.3, -0.25) is 4.79 Å². The summed E-state index contributed by atoms with van der Waals surface area (Å²) in [5.41, 5.74) is 0.522. The molecule has 0 spiro atoms. The molecule has 102 valence electrons. The van der Waals surface area contributed by atoms with Gasteiger partial charge in [0.25, 0.3) is 0 Å². The van der Waals surface area contributed by atoms with Crippen LogP contribution in [0.15, 0.2) is 18.2 Å². The molecular formula is C12H13Cl2N3O2. The van der Waals surface area contributed by atoms with Crippen LogP contribution in [0.25, 0.3) is 0 Å². The summed E-state index contributed by atoms with van der Waals surface area (Å²) in [5, 5.41) is 3.64. The molecule has 1 aromatic carbocycles. The Bertz CT molecular complexity index is 488. The molecule has 1 N–H and O–H groups in total. The molecule has 0 aliphatic carbocycles. The smallest absolute Gasteiger partial charge is 0.322 e. The third-order valence-corrected chi connectivity index (χ3v) is 3.47. The van der Waals surface area contributed by atoms with Gasteiger partial charge in [0.15, 0.2) is 0 Å². The minimum Gasteiger partial charge on any atom is -0.342 e. The molecule has 1 aliphatic rings. The number of anilines is 1. The minimum atomic E-state index is -0.227. The molecule has 2 rings (SSSR count). The molecule has 7 heteroatoms. The van der Waals surface area contributed by atoms with E-state index in [2.05, 4.69) is 5.32 Å². The fourth-order valence-corrected chi connectivity index (χ4v) is 2.27. The normalized spacial score (nSPS) is 15.3. The van der Waals surface area contributed by atoms with E-state index in [9.17, 15) is 9.59 Å². The van der Waals surface area contributed by atoms with Crippen LogP contribution in [0.5, 0.6) is 0 Å². The maximum atomic E-state index is 12.0. The topological polar surface area (TPSA) is 52.7 Å². The van der Waals surface area contributed by atoms with Crippen LogP contribution in [0.1, 0.15) is 0 Å². The molecule has 0 aromatic heterocycles. The summed E-state index contributed by atoms with van der Waals surface area (Å²) >= 11 is 11.8. The first-order valence-electron chi connectivity index (χ1n) is 5.80. The summed E-state index contributed by atoms with van der Waals surface area (Å²) in [6.07, 6.45) is 0.797. The van der Waals surface area contributed by atoms with Gasteiger partial charge in [0, 0.05) is 31.2 Å². The van der Waals surface area contributed by atoms with Crippen LogP contribution in [0.4, 0.5) is 10.5 Å². The zero-order valence-electron chi connectivity index (χ0n) is 10.1. The second-order valence-corrected chi connectivity index (χ2v) is 5.03. The Kier molecular flexibility index (Phi) is 4.50. The predicted octanol–water partition coefficient (Wildman–Crippen LogP) is 2.30. The average molecular weight is 302 g/mol. The fraction of sp³-hybridized carbons (Fsp3) is 0.333. The standard InChI is InChI=1S/C12H13Cl2N3O2/c13-9-1-2-11(10(14)7-9)15-12(19)17-5-3-16(8-18)4-6-17/h1-2,7-8H,3-6H2,(H,15,19). The van der Waals surface area contributed by atoms with Crippen LogP contribution >= 0.6 is 23.2 Å². The number of piperazine rings is 1. The van der Waals surface area contributed by atoms with Gasteiger partial charge in [0.2, 0.25) is 6.41 Å². The van der Waals surface area contributed by atoms with Gasteiger partial charge < -0.3 is 15.1 Å². The van der Waals surface area contributed by atoms with Crippen LogP contribution in [0.3, 0.4) is 0 Å². The number of hydrogen-bond acceptors (Lipinski definition) is 2. The molecular weight excluding hydrogens is 289 g/mol. The number of amides is 3. The highest BCUT2D eigenvalue weighted by Crippen LogP contribution is 2.25. The van der Waals surface area contributed by atoms with E-state index >= 15 is 0 Å². The molecule has 19 heavy (non-hydrogen) atoms. The van der Waals surface area contributed by atoms with E-state index in [1.165, 1.54) is 0 Å². The zero-order valence-corrected chi connectivity index (χ0v) is 11.6. The lowest BCUT2D eigenvalue weighted by Gasteiger charge is -2.32. The fourth-order valence-electron chi connectivity index (χ4n) is 1.82. The molecule has 0 unspecified atom stereocenters. The number of nitrogens with one attached hydrogen (secondary N) is 1. The lowest BCUT2D eigenvalue weighted by atomic mass is 10.3. The van der Waals surface area contributed by atoms with Crippen molar-refractivity contribution in [1.82, 2.24) is 9.80 Å². The molecule has 1 aromatic rings. The summed E-state index contributed by atoms with van der Waals surface area (Å²) in [6.45, 7) is 2.11. The number of urea groups is 1. The van der Waals surface area contributed by atoms with Crippen LogP contribution in [0, 0.1) is 0 Å². The quantitative estimate of drug-likeness (QED) is 0.852. The van der Waals surface area contributed by atoms with Crippen molar-refractivity contribution in [2.24, 2.45) is 0 Å². The number of benzene rings is 1. The maximum absolute atomic E-state index is 12.0. The molecule has 0 atom stereocenters. The van der Waals surface area contributed by atoms with Crippen molar-refractivity contribution in [3.05, 3.63) is 28.2 Å². The van der Waals surface area contributed by atoms with Crippen LogP contribution in [-0.2, 0) is 4.79 Å². The van der Waals surface area contributed by atoms with E-state index < -0.39 is 0 Å². The number of nitrogens with zero attached hydrogens (tertiary/aromatic N) is 2. The monoisotopic (exact) mass is 301 g/mol. The summed E-state index contributed by atoms with van der Waals surface area (Å²) < 4.78 is 0. The summed E-state index contributed by atoms with van der Waals surface area (Å²) in [6, 6.07) is 4.66. The van der Waals surface area contributed by atoms with Gasteiger partial charge in [0.1, 0.15) is 0 Å². The average Bonchev–Trinajstić information content (AvgIpc) is 2.42. The molecule has 0 radical (unpaired) electrons. The van der Waals surface area contributed by atoms with E-state index in [4.69, 9.17) is 23.2 Å². The highest BCUT2D eigenvalue weighted by atomic mass is 35.5. The number of hydrogen-bond donors (Lipinski definition) is 1. The van der Waals surface area contributed by atoms with Gasteiger partial charge in [-0.2, -0.15) is 0 Å². The van der Waals surface area contributed by atoms with Gasteiger partial charge in [-0.25, -0.2) is 4.79 Å². The molecule has 1 aliphatic heterocycles. The van der Waals surface area contributed by atoms with Gasteiger partial charge >= 0.3 is 6.03 Å². The van der Waals surface area contributed by atoms with Crippen molar-refractivity contribution < 1.29 is 9.59 Å². The Labute approximate surface area is 121 Å². The van der Waals surface area contributed by atoms with Crippen molar-refractivity contribution in [1.29, 1.82) is 0 Å². The molecule has 3 amide bonds. The van der Waals surface area contributed by atoms with Crippen LogP contribution in [-0.4, -0.2) is 48.4 Å². The van der Waals surface area contributed by atoms with E-state index in [1.54, 1.807) is 28.0 Å². The van der Waals surface area contributed by atoms with E-state index in [1.807, 2.05) is 0 Å². The van der Waals surface area contributed by atoms with Gasteiger partial charge in [-0.05, 0) is 18.2 Å². The number of carbonyl (C=O) groups is 2. The Morgan fingerprint density at radius 2 is 1.89 bits per heavy atom. The van der Waals surface area contributed by atoms with Gasteiger partial charge in [-0.15, -0.1) is 0 Å². The van der Waals surface area contributed by atoms with Crippen molar-refractivity contribution in [3.63, 3.8) is 0 Å². The minimum absolute atomic E-state index is 0.227. The molecule has 1 fully saturated rings. The number of rotatable bonds is 2. The second-order valence-electron chi connectivity index (χ2n) is 4.18. The summed E-state index contributed by atoms with van der Waals surface area (Å²) in [4.78, 5) is 25.9. The zero-order chi connectivity index (χ0) is 13.8. The molecule has 0 bridgehead atoms. The van der Waals surface area contributed by atoms with Gasteiger partial charge in [0.05, 0.1) is 10.7 Å². The maximum Gasteiger partial charge on any atom is 0.322 e. The molecule has 5 nitrogen and oxygen atoms in total. The van der Waals surface area contributed by atoms with Crippen LogP contribution in [0.2, 0.25) is 10.0 Å². The third-order valence-electron chi connectivity index (χ3n) is 2.92. The van der Waals surface area contributed by atoms with Crippen molar-refractivity contribution in [2.45, 2.75) is 0 Å². The summed E-state index contributed by atoms with van der Waals surface area (Å²) in [5.74, 6) is 0. The lowest BCUT2D eigenvalue weighted by Crippen LogP contribution is -2.49.